The lowest BCUT2D eigenvalue weighted by molar-refractivity contribution is 0.0938. The minimum atomic E-state index is -0.0201. The van der Waals surface area contributed by atoms with E-state index in [9.17, 15) is 4.79 Å². The number of rotatable bonds is 7. The first kappa shape index (κ1) is 15.5. The van der Waals surface area contributed by atoms with Crippen molar-refractivity contribution in [2.45, 2.75) is 53.0 Å². The van der Waals surface area contributed by atoms with Crippen LogP contribution in [0.3, 0.4) is 0 Å². The molecule has 4 nitrogen and oxygen atoms in total. The Morgan fingerprint density at radius 1 is 1.37 bits per heavy atom. The van der Waals surface area contributed by atoms with Crippen molar-refractivity contribution in [3.63, 3.8) is 0 Å². The van der Waals surface area contributed by atoms with Crippen molar-refractivity contribution in [3.8, 4) is 0 Å². The summed E-state index contributed by atoms with van der Waals surface area (Å²) in [6, 6.07) is 3.84. The molecule has 1 aromatic heterocycles. The number of nitrogens with zero attached hydrogens (tertiary/aromatic N) is 1. The van der Waals surface area contributed by atoms with Crippen molar-refractivity contribution < 1.29 is 4.79 Å². The molecule has 0 aromatic carbocycles. The van der Waals surface area contributed by atoms with Gasteiger partial charge < -0.3 is 10.6 Å². The van der Waals surface area contributed by atoms with Gasteiger partial charge in [-0.3, -0.25) is 4.79 Å². The standard InChI is InChI=1S/C15H25N3O/c1-5-7-8-11(3)18-15(19)13-9-12(4)17-14(10-13)16-6-2/h9-11H,5-8H2,1-4H3,(H,16,17)(H,18,19). The third kappa shape index (κ3) is 5.28. The molecule has 0 fully saturated rings. The van der Waals surface area contributed by atoms with Gasteiger partial charge in [0.05, 0.1) is 0 Å². The zero-order valence-electron chi connectivity index (χ0n) is 12.4. The number of unbranched alkanes of at least 4 members (excludes halogenated alkanes) is 1. The SMILES string of the molecule is CCCCC(C)NC(=O)c1cc(C)nc(NCC)c1. The van der Waals surface area contributed by atoms with Crippen molar-refractivity contribution in [2.24, 2.45) is 0 Å². The van der Waals surface area contributed by atoms with Crippen LogP contribution < -0.4 is 10.6 Å². The Labute approximate surface area is 116 Å². The first-order valence-corrected chi connectivity index (χ1v) is 7.10. The summed E-state index contributed by atoms with van der Waals surface area (Å²) in [5, 5.41) is 6.17. The molecule has 0 radical (unpaired) electrons. The highest BCUT2D eigenvalue weighted by Gasteiger charge is 2.11. The predicted molar refractivity (Wildman–Crippen MR) is 79.6 cm³/mol. The maximum absolute atomic E-state index is 12.2. The summed E-state index contributed by atoms with van der Waals surface area (Å²) >= 11 is 0. The molecule has 0 aliphatic carbocycles. The van der Waals surface area contributed by atoms with Crippen LogP contribution in [0.2, 0.25) is 0 Å². The summed E-state index contributed by atoms with van der Waals surface area (Å²) in [6.45, 7) is 8.91. The van der Waals surface area contributed by atoms with E-state index < -0.39 is 0 Å². The van der Waals surface area contributed by atoms with Crippen LogP contribution in [0.25, 0.3) is 0 Å². The quantitative estimate of drug-likeness (QED) is 0.794. The molecule has 19 heavy (non-hydrogen) atoms. The summed E-state index contributed by atoms with van der Waals surface area (Å²) in [5.74, 6) is 0.738. The number of aromatic nitrogens is 1. The van der Waals surface area contributed by atoms with Crippen LogP contribution in [0, 0.1) is 6.92 Å². The van der Waals surface area contributed by atoms with Crippen LogP contribution in [0.5, 0.6) is 0 Å². The Bertz CT molecular complexity index is 418. The number of hydrogen-bond donors (Lipinski definition) is 2. The first-order chi connectivity index (χ1) is 9.06. The molecule has 1 rings (SSSR count). The predicted octanol–water partition coefficient (Wildman–Crippen LogP) is 3.13. The minimum Gasteiger partial charge on any atom is -0.370 e. The summed E-state index contributed by atoms with van der Waals surface area (Å²) < 4.78 is 0. The Kier molecular flexibility index (Phi) is 6.33. The molecule has 0 saturated heterocycles. The number of anilines is 1. The molecule has 2 N–H and O–H groups in total. The second-order valence-electron chi connectivity index (χ2n) is 4.93. The van der Waals surface area contributed by atoms with E-state index in [2.05, 4.69) is 22.5 Å². The van der Waals surface area contributed by atoms with Crippen LogP contribution in [0.15, 0.2) is 12.1 Å². The minimum absolute atomic E-state index is 0.0201. The van der Waals surface area contributed by atoms with Crippen LogP contribution in [0.4, 0.5) is 5.82 Å². The number of hydrogen-bond acceptors (Lipinski definition) is 3. The lowest BCUT2D eigenvalue weighted by Crippen LogP contribution is -2.32. The Morgan fingerprint density at radius 2 is 2.11 bits per heavy atom. The lowest BCUT2D eigenvalue weighted by atomic mass is 10.1. The second-order valence-corrected chi connectivity index (χ2v) is 4.93. The molecular formula is C15H25N3O. The first-order valence-electron chi connectivity index (χ1n) is 7.10. The lowest BCUT2D eigenvalue weighted by Gasteiger charge is -2.14. The highest BCUT2D eigenvalue weighted by atomic mass is 16.1. The van der Waals surface area contributed by atoms with Gasteiger partial charge in [0.25, 0.3) is 5.91 Å². The van der Waals surface area contributed by atoms with Crippen LogP contribution in [0.1, 0.15) is 56.1 Å². The van der Waals surface area contributed by atoms with Gasteiger partial charge in [-0.25, -0.2) is 4.98 Å². The van der Waals surface area contributed by atoms with Gasteiger partial charge in [-0.05, 0) is 39.3 Å². The van der Waals surface area contributed by atoms with E-state index in [0.717, 1.165) is 37.3 Å². The van der Waals surface area contributed by atoms with E-state index in [1.807, 2.05) is 26.8 Å². The summed E-state index contributed by atoms with van der Waals surface area (Å²) in [7, 11) is 0. The van der Waals surface area contributed by atoms with E-state index in [0.29, 0.717) is 5.56 Å². The van der Waals surface area contributed by atoms with E-state index in [-0.39, 0.29) is 11.9 Å². The fourth-order valence-electron chi connectivity index (χ4n) is 1.96. The number of amides is 1. The summed E-state index contributed by atoms with van der Waals surface area (Å²) in [4.78, 5) is 16.5. The zero-order chi connectivity index (χ0) is 14.3. The van der Waals surface area contributed by atoms with Gasteiger partial charge in [0.1, 0.15) is 5.82 Å². The molecule has 1 aromatic rings. The molecule has 1 unspecified atom stereocenters. The van der Waals surface area contributed by atoms with Gasteiger partial charge >= 0.3 is 0 Å². The average molecular weight is 263 g/mol. The van der Waals surface area contributed by atoms with Gasteiger partial charge in [-0.2, -0.15) is 0 Å². The van der Waals surface area contributed by atoms with Gasteiger partial charge in [0.15, 0.2) is 0 Å². The second kappa shape index (κ2) is 7.77. The smallest absolute Gasteiger partial charge is 0.251 e. The van der Waals surface area contributed by atoms with Crippen LogP contribution in [-0.2, 0) is 0 Å². The third-order valence-corrected chi connectivity index (χ3v) is 2.94. The molecule has 1 atom stereocenters. The van der Waals surface area contributed by atoms with E-state index >= 15 is 0 Å². The van der Waals surface area contributed by atoms with Crippen molar-refractivity contribution >= 4 is 11.7 Å². The number of carbonyl (C=O) groups is 1. The number of pyridine rings is 1. The van der Waals surface area contributed by atoms with E-state index in [1.54, 1.807) is 6.07 Å². The fraction of sp³-hybridized carbons (Fsp3) is 0.600. The third-order valence-electron chi connectivity index (χ3n) is 2.94. The van der Waals surface area contributed by atoms with Gasteiger partial charge in [-0.1, -0.05) is 19.8 Å². The van der Waals surface area contributed by atoms with Crippen molar-refractivity contribution in [3.05, 3.63) is 23.4 Å². The van der Waals surface area contributed by atoms with Crippen LogP contribution in [-0.4, -0.2) is 23.5 Å². The number of aryl methyl sites for hydroxylation is 1. The normalized spacial score (nSPS) is 12.0. The highest BCUT2D eigenvalue weighted by molar-refractivity contribution is 5.95. The van der Waals surface area contributed by atoms with Gasteiger partial charge in [0.2, 0.25) is 0 Å². The average Bonchev–Trinajstić information content (AvgIpc) is 2.36. The van der Waals surface area contributed by atoms with Crippen molar-refractivity contribution in [1.82, 2.24) is 10.3 Å². The number of nitrogens with one attached hydrogen (secondary N) is 2. The number of carbonyl (C=O) groups excluding carboxylic acids is 1. The molecule has 0 aliphatic rings. The summed E-state index contributed by atoms with van der Waals surface area (Å²) in [6.07, 6.45) is 3.31. The van der Waals surface area contributed by atoms with Crippen molar-refractivity contribution in [2.75, 3.05) is 11.9 Å². The van der Waals surface area contributed by atoms with Gasteiger partial charge in [0, 0.05) is 23.8 Å². The fourth-order valence-corrected chi connectivity index (χ4v) is 1.96. The highest BCUT2D eigenvalue weighted by Crippen LogP contribution is 2.11. The molecular weight excluding hydrogens is 238 g/mol. The molecule has 4 heteroatoms. The Morgan fingerprint density at radius 3 is 2.74 bits per heavy atom. The maximum atomic E-state index is 12.2. The Hall–Kier alpha value is -1.58. The molecule has 0 saturated carbocycles. The monoisotopic (exact) mass is 263 g/mol. The summed E-state index contributed by atoms with van der Waals surface area (Å²) in [5.41, 5.74) is 1.52. The van der Waals surface area contributed by atoms with Crippen LogP contribution >= 0.6 is 0 Å². The zero-order valence-corrected chi connectivity index (χ0v) is 12.4. The van der Waals surface area contributed by atoms with E-state index in [1.165, 1.54) is 0 Å². The van der Waals surface area contributed by atoms with Crippen molar-refractivity contribution in [1.29, 1.82) is 0 Å². The topological polar surface area (TPSA) is 54.0 Å². The largest absolute Gasteiger partial charge is 0.370 e. The molecule has 106 valence electrons. The molecule has 1 heterocycles. The maximum Gasteiger partial charge on any atom is 0.251 e. The molecule has 0 spiro atoms. The van der Waals surface area contributed by atoms with Gasteiger partial charge in [-0.15, -0.1) is 0 Å². The molecule has 1 amide bonds. The van der Waals surface area contributed by atoms with E-state index in [4.69, 9.17) is 0 Å². The molecule has 0 aliphatic heterocycles. The Balaban J connectivity index is 2.70. The molecule has 0 bridgehead atoms.